The minimum atomic E-state index is -0.870. The molecule has 10 nitrogen and oxygen atoms in total. The van der Waals surface area contributed by atoms with Gasteiger partial charge in [0.05, 0.1) is 0 Å². The van der Waals surface area contributed by atoms with Crippen molar-refractivity contribution in [3.8, 4) is 0 Å². The highest BCUT2D eigenvalue weighted by Crippen LogP contribution is 1.99. The van der Waals surface area contributed by atoms with Crippen molar-refractivity contribution in [2.24, 2.45) is 0 Å². The van der Waals surface area contributed by atoms with E-state index in [0.717, 1.165) is 0 Å². The lowest BCUT2D eigenvalue weighted by molar-refractivity contribution is -0.163. The molecule has 0 heterocycles. The van der Waals surface area contributed by atoms with E-state index < -0.39 is 36.0 Å². The smallest absolute Gasteiger partial charge is 0.303 e. The van der Waals surface area contributed by atoms with Crippen LogP contribution in [-0.2, 0) is 38.2 Å². The lowest BCUT2D eigenvalue weighted by atomic mass is 10.2. The first-order chi connectivity index (χ1) is 11.5. The topological polar surface area (TPSA) is 154 Å². The third-order valence-corrected chi connectivity index (χ3v) is 2.31. The maximum atomic E-state index is 10.6. The molecule has 0 saturated carbocycles. The normalized spacial score (nSPS) is 9.44. The van der Waals surface area contributed by atoms with Crippen LogP contribution in [0.1, 0.15) is 46.5 Å². The number of carbonyl (C=O) groups excluding carboxylic acids is 3. The summed E-state index contributed by atoms with van der Waals surface area (Å²) in [5, 5.41) is 16.3. The molecule has 25 heavy (non-hydrogen) atoms. The summed E-state index contributed by atoms with van der Waals surface area (Å²) in [6.45, 7) is 3.44. The fourth-order valence-corrected chi connectivity index (χ4v) is 1.32. The second-order valence-electron chi connectivity index (χ2n) is 4.83. The van der Waals surface area contributed by atoms with Crippen molar-refractivity contribution in [2.45, 2.75) is 52.6 Å². The van der Waals surface area contributed by atoms with Gasteiger partial charge in [-0.2, -0.15) is 0 Å². The van der Waals surface area contributed by atoms with E-state index in [1.165, 1.54) is 20.8 Å². The second-order valence-corrected chi connectivity index (χ2v) is 4.83. The monoisotopic (exact) mass is 364 g/mol. The van der Waals surface area contributed by atoms with Gasteiger partial charge in [0, 0.05) is 33.6 Å². The molecule has 0 fully saturated rings. The van der Waals surface area contributed by atoms with Crippen molar-refractivity contribution < 1.29 is 48.4 Å². The van der Waals surface area contributed by atoms with Crippen LogP contribution in [0, 0.1) is 0 Å². The van der Waals surface area contributed by atoms with Gasteiger partial charge in [-0.1, -0.05) is 0 Å². The fourth-order valence-electron chi connectivity index (χ4n) is 1.32. The van der Waals surface area contributed by atoms with Crippen LogP contribution in [0.25, 0.3) is 0 Å². The number of rotatable bonds is 10. The highest BCUT2D eigenvalue weighted by atomic mass is 16.6. The Labute approximate surface area is 145 Å². The van der Waals surface area contributed by atoms with Gasteiger partial charge in [0.15, 0.2) is 6.10 Å². The zero-order valence-electron chi connectivity index (χ0n) is 14.5. The van der Waals surface area contributed by atoms with E-state index in [9.17, 15) is 24.0 Å². The Balaban J connectivity index is 0. The Morgan fingerprint density at radius 2 is 1.08 bits per heavy atom. The van der Waals surface area contributed by atoms with Crippen LogP contribution in [0.4, 0.5) is 0 Å². The zero-order valence-corrected chi connectivity index (χ0v) is 14.5. The first-order valence-corrected chi connectivity index (χ1v) is 7.42. The first kappa shape index (κ1) is 24.6. The maximum Gasteiger partial charge on any atom is 0.303 e. The number of hydrogen-bond acceptors (Lipinski definition) is 8. The Morgan fingerprint density at radius 1 is 0.720 bits per heavy atom. The van der Waals surface area contributed by atoms with E-state index in [1.807, 2.05) is 0 Å². The maximum absolute atomic E-state index is 10.6. The molecular formula is C15H24O10. The summed E-state index contributed by atoms with van der Waals surface area (Å²) in [5.74, 6) is -3.25. The summed E-state index contributed by atoms with van der Waals surface area (Å²) in [7, 11) is 0. The van der Waals surface area contributed by atoms with Gasteiger partial charge in [0.2, 0.25) is 0 Å². The molecule has 0 saturated heterocycles. The van der Waals surface area contributed by atoms with E-state index in [-0.39, 0.29) is 26.1 Å². The first-order valence-electron chi connectivity index (χ1n) is 7.42. The molecule has 0 amide bonds. The van der Waals surface area contributed by atoms with Crippen LogP contribution in [0.15, 0.2) is 0 Å². The van der Waals surface area contributed by atoms with Crippen molar-refractivity contribution in [3.05, 3.63) is 0 Å². The summed E-state index contributed by atoms with van der Waals surface area (Å²) >= 11 is 0. The quantitative estimate of drug-likeness (QED) is 0.322. The van der Waals surface area contributed by atoms with Gasteiger partial charge in [-0.15, -0.1) is 0 Å². The van der Waals surface area contributed by atoms with Crippen molar-refractivity contribution >= 4 is 29.8 Å². The van der Waals surface area contributed by atoms with Crippen molar-refractivity contribution in [1.29, 1.82) is 0 Å². The molecule has 0 bridgehead atoms. The number of carbonyl (C=O) groups is 5. The molecular weight excluding hydrogens is 340 g/mol. The van der Waals surface area contributed by atoms with Crippen LogP contribution < -0.4 is 0 Å². The van der Waals surface area contributed by atoms with Gasteiger partial charge in [-0.3, -0.25) is 24.0 Å². The largest absolute Gasteiger partial charge is 0.481 e. The molecule has 144 valence electrons. The number of carboxylic acids is 2. The predicted molar refractivity (Wildman–Crippen MR) is 82.6 cm³/mol. The van der Waals surface area contributed by atoms with Crippen molar-refractivity contribution in [3.63, 3.8) is 0 Å². The standard InChI is InChI=1S/C9H14O6.C6H10O4/c1-6(10)13-4-9(15-8(3)12)5-14-7(2)11;7-5(8)3-1-2-4-6(9)10/h9H,4-5H2,1-3H3;1-4H2,(H,7,8)(H,9,10). The minimum absolute atomic E-state index is 0.0628. The third-order valence-electron chi connectivity index (χ3n) is 2.31. The molecule has 0 aromatic carbocycles. The molecule has 10 heteroatoms. The average molecular weight is 364 g/mol. The third kappa shape index (κ3) is 23.7. The number of hydrogen-bond donors (Lipinski definition) is 2. The van der Waals surface area contributed by atoms with Gasteiger partial charge in [0.1, 0.15) is 13.2 Å². The van der Waals surface area contributed by atoms with Crippen molar-refractivity contribution in [1.82, 2.24) is 0 Å². The molecule has 2 N–H and O–H groups in total. The summed E-state index contributed by atoms with van der Waals surface area (Å²) in [6.07, 6.45) is 0.263. The summed E-state index contributed by atoms with van der Waals surface area (Å²) in [5.41, 5.74) is 0. The number of carboxylic acid groups (broad SMARTS) is 2. The van der Waals surface area contributed by atoms with Crippen LogP contribution in [0.5, 0.6) is 0 Å². The Hall–Kier alpha value is -2.65. The second kappa shape index (κ2) is 14.9. The number of aliphatic carboxylic acids is 2. The molecule has 0 atom stereocenters. The van der Waals surface area contributed by atoms with Crippen molar-refractivity contribution in [2.75, 3.05) is 13.2 Å². The van der Waals surface area contributed by atoms with Crippen LogP contribution >= 0.6 is 0 Å². The lowest BCUT2D eigenvalue weighted by Crippen LogP contribution is -2.29. The lowest BCUT2D eigenvalue weighted by Gasteiger charge is -2.15. The molecule has 0 aromatic heterocycles. The van der Waals surface area contributed by atoms with Gasteiger partial charge >= 0.3 is 29.8 Å². The Kier molecular flexibility index (Phi) is 14.7. The molecule has 0 unspecified atom stereocenters. The Bertz CT molecular complexity index is 423. The molecule has 0 aromatic rings. The summed E-state index contributed by atoms with van der Waals surface area (Å²) < 4.78 is 14.0. The van der Waals surface area contributed by atoms with E-state index in [1.54, 1.807) is 0 Å². The van der Waals surface area contributed by atoms with Crippen LogP contribution in [0.2, 0.25) is 0 Å². The van der Waals surface area contributed by atoms with E-state index in [4.69, 9.17) is 14.9 Å². The molecule has 0 rings (SSSR count). The average Bonchev–Trinajstić information content (AvgIpc) is 2.46. The molecule has 0 aliphatic heterocycles. The van der Waals surface area contributed by atoms with E-state index in [2.05, 4.69) is 9.47 Å². The zero-order chi connectivity index (χ0) is 19.8. The van der Waals surface area contributed by atoms with E-state index >= 15 is 0 Å². The molecule has 0 radical (unpaired) electrons. The highest BCUT2D eigenvalue weighted by molar-refractivity contribution is 5.68. The molecule has 0 aliphatic carbocycles. The summed E-state index contributed by atoms with van der Waals surface area (Å²) in [6, 6.07) is 0. The minimum Gasteiger partial charge on any atom is -0.481 e. The fraction of sp³-hybridized carbons (Fsp3) is 0.667. The van der Waals surface area contributed by atoms with Gasteiger partial charge < -0.3 is 24.4 Å². The van der Waals surface area contributed by atoms with E-state index in [0.29, 0.717) is 12.8 Å². The summed E-state index contributed by atoms with van der Waals surface area (Å²) in [4.78, 5) is 51.4. The van der Waals surface area contributed by atoms with Crippen LogP contribution in [-0.4, -0.2) is 59.4 Å². The number of unbranched alkanes of at least 4 members (excludes halogenated alkanes) is 1. The highest BCUT2D eigenvalue weighted by Gasteiger charge is 2.15. The van der Waals surface area contributed by atoms with Gasteiger partial charge in [-0.25, -0.2) is 0 Å². The van der Waals surface area contributed by atoms with Gasteiger partial charge in [-0.05, 0) is 12.8 Å². The molecule has 0 aliphatic rings. The number of esters is 3. The SMILES string of the molecule is CC(=O)OCC(COC(C)=O)OC(C)=O.O=C(O)CCCCC(=O)O. The van der Waals surface area contributed by atoms with Crippen LogP contribution in [0.3, 0.4) is 0 Å². The Morgan fingerprint density at radius 3 is 1.32 bits per heavy atom. The molecule has 0 spiro atoms. The number of ether oxygens (including phenoxy) is 3. The van der Waals surface area contributed by atoms with Gasteiger partial charge in [0.25, 0.3) is 0 Å². The predicted octanol–water partition coefficient (Wildman–Crippen LogP) is 0.760.